The van der Waals surface area contributed by atoms with Crippen LogP contribution in [-0.2, 0) is 4.79 Å². The zero-order chi connectivity index (χ0) is 12.6. The van der Waals surface area contributed by atoms with Gasteiger partial charge in [0, 0.05) is 22.6 Å². The molecule has 1 aliphatic heterocycles. The van der Waals surface area contributed by atoms with E-state index in [-0.39, 0.29) is 11.1 Å². The van der Waals surface area contributed by atoms with E-state index in [0.29, 0.717) is 23.0 Å². The first-order valence-electron chi connectivity index (χ1n) is 5.10. The van der Waals surface area contributed by atoms with Crippen molar-refractivity contribution >= 4 is 33.5 Å². The van der Waals surface area contributed by atoms with Crippen LogP contribution < -0.4 is 5.32 Å². The maximum absolute atomic E-state index is 13.9. The normalized spacial score (nSPS) is 23.9. The fourth-order valence-corrected chi connectivity index (χ4v) is 2.75. The van der Waals surface area contributed by atoms with E-state index in [4.69, 9.17) is 16.7 Å². The average Bonchev–Trinajstić information content (AvgIpc) is 2.73. The minimum atomic E-state index is -0.862. The molecule has 1 saturated heterocycles. The van der Waals surface area contributed by atoms with Crippen LogP contribution >= 0.6 is 27.5 Å². The summed E-state index contributed by atoms with van der Waals surface area (Å²) in [4.78, 5) is 10.8. The second kappa shape index (κ2) is 4.92. The number of benzene rings is 1. The predicted octanol–water partition coefficient (Wildman–Crippen LogP) is 2.98. The van der Waals surface area contributed by atoms with Gasteiger partial charge in [0.15, 0.2) is 0 Å². The molecule has 2 rings (SSSR count). The first kappa shape index (κ1) is 12.8. The number of hydrogen-bond donors (Lipinski definition) is 2. The Labute approximate surface area is 111 Å². The molecule has 1 aromatic rings. The lowest BCUT2D eigenvalue weighted by Gasteiger charge is -2.14. The molecule has 3 nitrogen and oxygen atoms in total. The molecule has 1 aromatic carbocycles. The third kappa shape index (κ3) is 2.46. The molecule has 0 amide bonds. The first-order valence-corrected chi connectivity index (χ1v) is 6.27. The van der Waals surface area contributed by atoms with E-state index >= 15 is 0 Å². The number of nitrogens with one attached hydrogen (secondary N) is 1. The van der Waals surface area contributed by atoms with Crippen LogP contribution in [0, 0.1) is 11.7 Å². The SMILES string of the molecule is O=C(O)C1CNC(c2c(Br)ccc(Cl)c2F)C1. The van der Waals surface area contributed by atoms with Gasteiger partial charge in [0.1, 0.15) is 5.82 Å². The van der Waals surface area contributed by atoms with Crippen molar-refractivity contribution in [1.29, 1.82) is 0 Å². The summed E-state index contributed by atoms with van der Waals surface area (Å²) in [6, 6.07) is 2.81. The van der Waals surface area contributed by atoms with Gasteiger partial charge in [-0.25, -0.2) is 4.39 Å². The maximum Gasteiger partial charge on any atom is 0.307 e. The van der Waals surface area contributed by atoms with Crippen LogP contribution in [0.5, 0.6) is 0 Å². The van der Waals surface area contributed by atoms with Crippen LogP contribution in [0.4, 0.5) is 4.39 Å². The van der Waals surface area contributed by atoms with Crippen LogP contribution in [0.15, 0.2) is 16.6 Å². The van der Waals surface area contributed by atoms with Crippen molar-refractivity contribution in [3.8, 4) is 0 Å². The number of hydrogen-bond acceptors (Lipinski definition) is 2. The Bertz CT molecular complexity index is 469. The molecule has 17 heavy (non-hydrogen) atoms. The van der Waals surface area contributed by atoms with E-state index in [9.17, 15) is 9.18 Å². The first-order chi connectivity index (χ1) is 8.00. The molecule has 1 aliphatic rings. The minimum Gasteiger partial charge on any atom is -0.481 e. The Hall–Kier alpha value is -0.650. The number of carboxylic acids is 1. The second-order valence-corrected chi connectivity index (χ2v) is 5.25. The zero-order valence-electron chi connectivity index (χ0n) is 8.71. The van der Waals surface area contributed by atoms with Crippen molar-refractivity contribution in [2.75, 3.05) is 6.54 Å². The van der Waals surface area contributed by atoms with Crippen LogP contribution in [0.25, 0.3) is 0 Å². The Balaban J connectivity index is 2.30. The smallest absolute Gasteiger partial charge is 0.307 e. The summed E-state index contributed by atoms with van der Waals surface area (Å²) in [5.74, 6) is -1.84. The molecule has 0 radical (unpaired) electrons. The number of halogens is 3. The lowest BCUT2D eigenvalue weighted by atomic mass is 10.00. The van der Waals surface area contributed by atoms with Crippen molar-refractivity contribution in [1.82, 2.24) is 5.32 Å². The van der Waals surface area contributed by atoms with Gasteiger partial charge in [0.2, 0.25) is 0 Å². The van der Waals surface area contributed by atoms with Gasteiger partial charge in [-0.05, 0) is 18.6 Å². The zero-order valence-corrected chi connectivity index (χ0v) is 11.1. The molecule has 92 valence electrons. The lowest BCUT2D eigenvalue weighted by molar-refractivity contribution is -0.141. The van der Waals surface area contributed by atoms with Crippen molar-refractivity contribution < 1.29 is 14.3 Å². The molecule has 1 fully saturated rings. The van der Waals surface area contributed by atoms with Gasteiger partial charge < -0.3 is 10.4 Å². The van der Waals surface area contributed by atoms with E-state index in [2.05, 4.69) is 21.2 Å². The molecule has 2 atom stereocenters. The summed E-state index contributed by atoms with van der Waals surface area (Å²) in [5.41, 5.74) is 0.404. The average molecular weight is 323 g/mol. The summed E-state index contributed by atoms with van der Waals surface area (Å²) < 4.78 is 14.5. The van der Waals surface area contributed by atoms with Crippen LogP contribution in [0.3, 0.4) is 0 Å². The standard InChI is InChI=1S/C11H10BrClFNO2/c12-6-1-2-7(13)10(14)9(6)8-3-5(4-15-8)11(16)17/h1-2,5,8,15H,3-4H2,(H,16,17). The highest BCUT2D eigenvalue weighted by Crippen LogP contribution is 2.36. The van der Waals surface area contributed by atoms with Gasteiger partial charge in [-0.15, -0.1) is 0 Å². The largest absolute Gasteiger partial charge is 0.481 e. The van der Waals surface area contributed by atoms with Crippen LogP contribution in [-0.4, -0.2) is 17.6 Å². The number of carbonyl (C=O) groups is 1. The third-order valence-corrected chi connectivity index (χ3v) is 3.89. The Morgan fingerprint density at radius 3 is 2.88 bits per heavy atom. The molecular weight excluding hydrogens is 312 g/mol. The molecule has 0 bridgehead atoms. The van der Waals surface area contributed by atoms with Gasteiger partial charge in [0.05, 0.1) is 10.9 Å². The molecule has 0 saturated carbocycles. The Morgan fingerprint density at radius 1 is 1.59 bits per heavy atom. The van der Waals surface area contributed by atoms with Gasteiger partial charge >= 0.3 is 5.97 Å². The van der Waals surface area contributed by atoms with E-state index < -0.39 is 17.7 Å². The molecule has 0 aliphatic carbocycles. The van der Waals surface area contributed by atoms with Crippen molar-refractivity contribution in [2.45, 2.75) is 12.5 Å². The van der Waals surface area contributed by atoms with E-state index in [1.54, 1.807) is 6.07 Å². The Kier molecular flexibility index (Phi) is 3.70. The van der Waals surface area contributed by atoms with Crippen molar-refractivity contribution in [3.63, 3.8) is 0 Å². The molecule has 0 aromatic heterocycles. The minimum absolute atomic E-state index is 0.0452. The second-order valence-electron chi connectivity index (χ2n) is 3.99. The monoisotopic (exact) mass is 321 g/mol. The molecule has 2 N–H and O–H groups in total. The number of rotatable bonds is 2. The highest BCUT2D eigenvalue weighted by atomic mass is 79.9. The maximum atomic E-state index is 13.9. The Morgan fingerprint density at radius 2 is 2.29 bits per heavy atom. The van der Waals surface area contributed by atoms with Gasteiger partial charge in [-0.2, -0.15) is 0 Å². The number of carboxylic acid groups (broad SMARTS) is 1. The number of aliphatic carboxylic acids is 1. The highest BCUT2D eigenvalue weighted by molar-refractivity contribution is 9.10. The van der Waals surface area contributed by atoms with E-state index in [0.717, 1.165) is 0 Å². The fourth-order valence-electron chi connectivity index (χ4n) is 2.01. The topological polar surface area (TPSA) is 49.3 Å². The van der Waals surface area contributed by atoms with E-state index in [1.165, 1.54) is 6.07 Å². The van der Waals surface area contributed by atoms with Gasteiger partial charge in [-0.1, -0.05) is 27.5 Å². The molecule has 2 unspecified atom stereocenters. The van der Waals surface area contributed by atoms with Crippen molar-refractivity contribution in [3.05, 3.63) is 33.0 Å². The quantitative estimate of drug-likeness (QED) is 0.823. The third-order valence-electron chi connectivity index (χ3n) is 2.91. The molecule has 6 heteroatoms. The fraction of sp³-hybridized carbons (Fsp3) is 0.364. The van der Waals surface area contributed by atoms with E-state index in [1.807, 2.05) is 0 Å². The molecule has 1 heterocycles. The van der Waals surface area contributed by atoms with Gasteiger partial charge in [0.25, 0.3) is 0 Å². The summed E-state index contributed by atoms with van der Waals surface area (Å²) >= 11 is 8.99. The van der Waals surface area contributed by atoms with Gasteiger partial charge in [-0.3, -0.25) is 4.79 Å². The van der Waals surface area contributed by atoms with Crippen LogP contribution in [0.1, 0.15) is 18.0 Å². The lowest BCUT2D eigenvalue weighted by Crippen LogP contribution is -2.18. The highest BCUT2D eigenvalue weighted by Gasteiger charge is 2.33. The molecule has 0 spiro atoms. The van der Waals surface area contributed by atoms with Crippen molar-refractivity contribution in [2.24, 2.45) is 5.92 Å². The van der Waals surface area contributed by atoms with Crippen LogP contribution in [0.2, 0.25) is 5.02 Å². The molecular formula is C11H10BrClFNO2. The predicted molar refractivity (Wildman–Crippen MR) is 65.6 cm³/mol. The summed E-state index contributed by atoms with van der Waals surface area (Å²) in [6.45, 7) is 0.346. The summed E-state index contributed by atoms with van der Waals surface area (Å²) in [5, 5.41) is 11.9. The summed E-state index contributed by atoms with van der Waals surface area (Å²) in [7, 11) is 0. The summed E-state index contributed by atoms with van der Waals surface area (Å²) in [6.07, 6.45) is 0.366.